The van der Waals surface area contributed by atoms with E-state index in [1.54, 1.807) is 0 Å². The summed E-state index contributed by atoms with van der Waals surface area (Å²) in [5.41, 5.74) is 22.1. The summed E-state index contributed by atoms with van der Waals surface area (Å²) in [7, 11) is 0. The highest BCUT2D eigenvalue weighted by molar-refractivity contribution is 5.92. The number of nitrogens with zero attached hydrogens (tertiary/aromatic N) is 2. The lowest BCUT2D eigenvalue weighted by atomic mass is 9.66. The quantitative estimate of drug-likeness (QED) is 0.0404. The van der Waals surface area contributed by atoms with Crippen LogP contribution in [-0.4, -0.2) is 13.2 Å². The SMILES string of the molecule is CCCCCCc1cc(C)cc(C2(c3cc(CCCCCC)cc(CCCCCC)c3)c3cc(N(c4ccc(C)cc4)c4ccc(OCCCC)cc4)ccc3-c3ccc(N(c4ccc(C)cc4)c4ccc(OCCCC)cc4)cc32)c1. The van der Waals surface area contributed by atoms with Crippen molar-refractivity contribution >= 4 is 34.1 Å². The van der Waals surface area contributed by atoms with Crippen molar-refractivity contribution in [1.29, 1.82) is 0 Å². The fourth-order valence-corrected chi connectivity index (χ4v) is 12.5. The van der Waals surface area contributed by atoms with E-state index in [1.165, 1.54) is 144 Å². The first kappa shape index (κ1) is 59.6. The van der Waals surface area contributed by atoms with Crippen LogP contribution < -0.4 is 19.3 Å². The van der Waals surface area contributed by atoms with Crippen LogP contribution in [0.15, 0.2) is 170 Å². The molecule has 0 bridgehead atoms. The highest BCUT2D eigenvalue weighted by Gasteiger charge is 2.47. The van der Waals surface area contributed by atoms with Crippen molar-refractivity contribution in [3.63, 3.8) is 0 Å². The Morgan fingerprint density at radius 2 is 0.646 bits per heavy atom. The molecule has 428 valence electrons. The van der Waals surface area contributed by atoms with E-state index in [9.17, 15) is 0 Å². The molecular weight excluding hydrogens is 997 g/mol. The molecule has 9 rings (SSSR count). The highest BCUT2D eigenvalue weighted by Crippen LogP contribution is 2.59. The Morgan fingerprint density at radius 1 is 0.305 bits per heavy atom. The second kappa shape index (κ2) is 29.3. The smallest absolute Gasteiger partial charge is 0.119 e. The molecule has 0 fully saturated rings. The number of rotatable bonds is 31. The summed E-state index contributed by atoms with van der Waals surface area (Å²) in [5, 5.41) is 0. The average molecular weight is 1090 g/mol. The van der Waals surface area contributed by atoms with Crippen molar-refractivity contribution in [3.8, 4) is 22.6 Å². The Balaban J connectivity index is 1.35. The molecule has 1 aliphatic rings. The summed E-state index contributed by atoms with van der Waals surface area (Å²) >= 11 is 0. The third-order valence-electron chi connectivity index (χ3n) is 16.9. The van der Waals surface area contributed by atoms with Gasteiger partial charge in [0.15, 0.2) is 0 Å². The van der Waals surface area contributed by atoms with Crippen molar-refractivity contribution in [1.82, 2.24) is 0 Å². The molecule has 0 atom stereocenters. The van der Waals surface area contributed by atoms with Crippen molar-refractivity contribution in [2.75, 3.05) is 23.0 Å². The maximum absolute atomic E-state index is 6.26. The molecule has 0 amide bonds. The minimum Gasteiger partial charge on any atom is -0.494 e. The third kappa shape index (κ3) is 14.2. The number of hydrogen-bond acceptors (Lipinski definition) is 4. The summed E-state index contributed by atoms with van der Waals surface area (Å²) < 4.78 is 12.5. The van der Waals surface area contributed by atoms with Gasteiger partial charge in [0.25, 0.3) is 0 Å². The summed E-state index contributed by atoms with van der Waals surface area (Å²) in [6, 6.07) is 66.0. The third-order valence-corrected chi connectivity index (χ3v) is 16.9. The Bertz CT molecular complexity index is 3080. The van der Waals surface area contributed by atoms with Gasteiger partial charge in [-0.25, -0.2) is 0 Å². The van der Waals surface area contributed by atoms with E-state index in [2.05, 4.69) is 235 Å². The molecule has 8 aromatic rings. The lowest BCUT2D eigenvalue weighted by Crippen LogP contribution is -2.30. The maximum atomic E-state index is 6.26. The fraction of sp³-hybridized carbons (Fsp3) is 0.385. The van der Waals surface area contributed by atoms with Gasteiger partial charge in [0.05, 0.1) is 18.6 Å². The number of fused-ring (bicyclic) bond motifs is 3. The van der Waals surface area contributed by atoms with Gasteiger partial charge in [-0.05, 0) is 219 Å². The predicted molar refractivity (Wildman–Crippen MR) is 352 cm³/mol. The van der Waals surface area contributed by atoms with Crippen molar-refractivity contribution in [3.05, 3.63) is 225 Å². The van der Waals surface area contributed by atoms with Gasteiger partial charge in [-0.15, -0.1) is 0 Å². The molecule has 82 heavy (non-hydrogen) atoms. The zero-order valence-electron chi connectivity index (χ0n) is 51.2. The summed E-state index contributed by atoms with van der Waals surface area (Å²) in [6.07, 6.45) is 22.2. The Kier molecular flexibility index (Phi) is 21.3. The molecule has 4 nitrogen and oxygen atoms in total. The van der Waals surface area contributed by atoms with E-state index in [1.807, 2.05) is 0 Å². The summed E-state index contributed by atoms with van der Waals surface area (Å²) in [6.45, 7) is 19.5. The Morgan fingerprint density at radius 3 is 1.02 bits per heavy atom. The lowest BCUT2D eigenvalue weighted by Gasteiger charge is -2.37. The molecule has 1 aliphatic carbocycles. The Hall–Kier alpha value is -7.04. The van der Waals surface area contributed by atoms with Gasteiger partial charge < -0.3 is 19.3 Å². The number of ether oxygens (including phenoxy) is 2. The van der Waals surface area contributed by atoms with Crippen LogP contribution in [-0.2, 0) is 24.7 Å². The number of benzene rings is 8. The number of hydrogen-bond donors (Lipinski definition) is 0. The van der Waals surface area contributed by atoms with Gasteiger partial charge in [-0.3, -0.25) is 0 Å². The first-order valence-corrected chi connectivity index (χ1v) is 31.9. The van der Waals surface area contributed by atoms with Crippen LogP contribution in [0.1, 0.15) is 193 Å². The second-order valence-electron chi connectivity index (χ2n) is 23.6. The fourth-order valence-electron chi connectivity index (χ4n) is 12.5. The largest absolute Gasteiger partial charge is 0.494 e. The lowest BCUT2D eigenvalue weighted by molar-refractivity contribution is 0.309. The molecule has 0 spiro atoms. The van der Waals surface area contributed by atoms with Crippen molar-refractivity contribution in [2.24, 2.45) is 0 Å². The van der Waals surface area contributed by atoms with Crippen LogP contribution in [0.5, 0.6) is 11.5 Å². The number of unbranched alkanes of at least 4 members (excludes halogenated alkanes) is 11. The van der Waals surface area contributed by atoms with Gasteiger partial charge in [0.2, 0.25) is 0 Å². The van der Waals surface area contributed by atoms with Crippen LogP contribution >= 0.6 is 0 Å². The minimum absolute atomic E-state index is 0.690. The van der Waals surface area contributed by atoms with E-state index in [-0.39, 0.29) is 0 Å². The average Bonchev–Trinajstić information content (AvgIpc) is 1.63. The van der Waals surface area contributed by atoms with Crippen LogP contribution in [0.25, 0.3) is 11.1 Å². The van der Waals surface area contributed by atoms with Crippen molar-refractivity contribution in [2.45, 2.75) is 183 Å². The van der Waals surface area contributed by atoms with Gasteiger partial charge in [0.1, 0.15) is 11.5 Å². The molecule has 0 aromatic heterocycles. The minimum atomic E-state index is -0.690. The number of anilines is 6. The second-order valence-corrected chi connectivity index (χ2v) is 23.6. The molecule has 0 unspecified atom stereocenters. The van der Waals surface area contributed by atoms with E-state index < -0.39 is 5.41 Å². The molecule has 8 aromatic carbocycles. The monoisotopic (exact) mass is 1090 g/mol. The maximum Gasteiger partial charge on any atom is 0.119 e. The first-order chi connectivity index (χ1) is 40.2. The standard InChI is InChI=1S/C78H94N2O2/c1-9-14-19-22-25-61-50-60(8)51-64(53-61)78(65-54-62(26-23-20-15-10-2)52-63(55-65)27-24-21-16-11-3)76-56-70(79(66-32-28-58(6)29-33-66)68-36-42-72(43-37-68)81-48-17-12-4)40-46-74(76)75-47-41-71(57-77(75)78)80(67-34-30-59(7)31-35-67)69-38-44-73(45-39-69)82-49-18-13-5/h28-47,50-57H,9-27,48-49H2,1-8H3. The van der Waals surface area contributed by atoms with Crippen molar-refractivity contribution < 1.29 is 9.47 Å². The molecule has 0 aliphatic heterocycles. The van der Waals surface area contributed by atoms with Gasteiger partial charge in [-0.1, -0.05) is 195 Å². The first-order valence-electron chi connectivity index (χ1n) is 31.9. The van der Waals surface area contributed by atoms with Crippen LogP contribution in [0.3, 0.4) is 0 Å². The zero-order chi connectivity index (χ0) is 57.3. The topological polar surface area (TPSA) is 24.9 Å². The summed E-state index contributed by atoms with van der Waals surface area (Å²) in [4.78, 5) is 4.92. The predicted octanol–water partition coefficient (Wildman–Crippen LogP) is 22.6. The van der Waals surface area contributed by atoms with E-state index >= 15 is 0 Å². The van der Waals surface area contributed by atoms with E-state index in [0.29, 0.717) is 0 Å². The van der Waals surface area contributed by atoms with Gasteiger partial charge in [0, 0.05) is 34.1 Å². The molecular formula is C78H94N2O2. The van der Waals surface area contributed by atoms with Crippen LogP contribution in [0, 0.1) is 20.8 Å². The van der Waals surface area contributed by atoms with Gasteiger partial charge in [-0.2, -0.15) is 0 Å². The summed E-state index contributed by atoms with van der Waals surface area (Å²) in [5.74, 6) is 1.81. The van der Waals surface area contributed by atoms with Gasteiger partial charge >= 0.3 is 0 Å². The Labute approximate surface area is 495 Å². The molecule has 0 saturated carbocycles. The molecule has 0 saturated heterocycles. The van der Waals surface area contributed by atoms with E-state index in [4.69, 9.17) is 9.47 Å². The molecule has 0 radical (unpaired) electrons. The van der Waals surface area contributed by atoms with Crippen LogP contribution in [0.4, 0.5) is 34.1 Å². The molecule has 0 heterocycles. The zero-order valence-corrected chi connectivity index (χ0v) is 51.2. The molecule has 0 N–H and O–H groups in total. The number of aryl methyl sites for hydroxylation is 6. The molecule has 4 heteroatoms. The highest BCUT2D eigenvalue weighted by atomic mass is 16.5. The van der Waals surface area contributed by atoms with Crippen LogP contribution in [0.2, 0.25) is 0 Å². The van der Waals surface area contributed by atoms with E-state index in [0.717, 1.165) is 104 Å². The normalized spacial score (nSPS) is 12.3.